The highest BCUT2D eigenvalue weighted by Gasteiger charge is 2.35. The van der Waals surface area contributed by atoms with Crippen LogP contribution >= 0.6 is 0 Å². The largest absolute Gasteiger partial charge is 0.414 e. The van der Waals surface area contributed by atoms with E-state index < -0.39 is 13.9 Å². The van der Waals surface area contributed by atoms with E-state index in [0.29, 0.717) is 6.10 Å². The van der Waals surface area contributed by atoms with Crippen LogP contribution in [-0.2, 0) is 4.43 Å². The van der Waals surface area contributed by atoms with Crippen molar-refractivity contribution < 1.29 is 9.53 Å². The summed E-state index contributed by atoms with van der Waals surface area (Å²) in [5, 5.41) is 10.1. The van der Waals surface area contributed by atoms with E-state index in [1.165, 1.54) is 11.1 Å². The van der Waals surface area contributed by atoms with Crippen molar-refractivity contribution in [2.24, 2.45) is 5.41 Å². The molecule has 0 fully saturated rings. The van der Waals surface area contributed by atoms with Crippen molar-refractivity contribution in [1.29, 1.82) is 0 Å². The Labute approximate surface area is 131 Å². The molecule has 2 atom stereocenters. The van der Waals surface area contributed by atoms with Crippen LogP contribution in [0.15, 0.2) is 36.0 Å². The van der Waals surface area contributed by atoms with Crippen LogP contribution in [0.1, 0.15) is 40.5 Å². The number of rotatable bonds is 5. The van der Waals surface area contributed by atoms with Gasteiger partial charge in [-0.15, -0.1) is 0 Å². The molecule has 120 valence electrons. The highest BCUT2D eigenvalue weighted by Crippen LogP contribution is 2.42. The van der Waals surface area contributed by atoms with Crippen LogP contribution in [0.25, 0.3) is 0 Å². The lowest BCUT2D eigenvalue weighted by Crippen LogP contribution is -2.38. The molecular formula is C18H32O2Si. The van der Waals surface area contributed by atoms with Crippen LogP contribution in [0.5, 0.6) is 0 Å². The zero-order valence-electron chi connectivity index (χ0n) is 14.8. The van der Waals surface area contributed by atoms with E-state index in [4.69, 9.17) is 4.43 Å². The van der Waals surface area contributed by atoms with Gasteiger partial charge < -0.3 is 9.53 Å². The van der Waals surface area contributed by atoms with Gasteiger partial charge in [0.05, 0.1) is 5.60 Å². The molecule has 1 aliphatic carbocycles. The van der Waals surface area contributed by atoms with Gasteiger partial charge in [0.1, 0.15) is 0 Å². The van der Waals surface area contributed by atoms with Crippen LogP contribution in [0.2, 0.25) is 19.6 Å². The fraction of sp³-hybridized carbons (Fsp3) is 0.667. The van der Waals surface area contributed by atoms with E-state index in [-0.39, 0.29) is 5.41 Å². The maximum absolute atomic E-state index is 10.1. The smallest absolute Gasteiger partial charge is 0.184 e. The zero-order chi connectivity index (χ0) is 16.5. The van der Waals surface area contributed by atoms with Gasteiger partial charge in [0.2, 0.25) is 0 Å². The SMILES string of the molecule is C=C[C@@](C)(O)C=CC1=C(C)CC(O[Si](C)(C)C)CC1(C)C. The van der Waals surface area contributed by atoms with Gasteiger partial charge >= 0.3 is 0 Å². The lowest BCUT2D eigenvalue weighted by atomic mass is 9.71. The number of allylic oxidation sites excluding steroid dienone is 2. The average molecular weight is 309 g/mol. The summed E-state index contributed by atoms with van der Waals surface area (Å²) < 4.78 is 6.31. The molecule has 1 N–H and O–H groups in total. The van der Waals surface area contributed by atoms with Gasteiger partial charge in [-0.3, -0.25) is 0 Å². The van der Waals surface area contributed by atoms with Crippen molar-refractivity contribution in [3.05, 3.63) is 36.0 Å². The first kappa shape index (κ1) is 18.4. The molecule has 0 amide bonds. The summed E-state index contributed by atoms with van der Waals surface area (Å²) in [7, 11) is -1.51. The van der Waals surface area contributed by atoms with Crippen LogP contribution < -0.4 is 0 Å². The van der Waals surface area contributed by atoms with E-state index >= 15 is 0 Å². The molecule has 0 heterocycles. The Morgan fingerprint density at radius 3 is 2.38 bits per heavy atom. The van der Waals surface area contributed by atoms with E-state index in [9.17, 15) is 5.11 Å². The number of aliphatic hydroxyl groups is 1. The summed E-state index contributed by atoms with van der Waals surface area (Å²) in [6, 6.07) is 0. The minimum Gasteiger partial charge on any atom is -0.414 e. The van der Waals surface area contributed by atoms with Crippen molar-refractivity contribution in [2.45, 2.75) is 71.9 Å². The lowest BCUT2D eigenvalue weighted by Gasteiger charge is -2.40. The van der Waals surface area contributed by atoms with Gasteiger partial charge in [-0.2, -0.15) is 0 Å². The molecule has 1 unspecified atom stereocenters. The van der Waals surface area contributed by atoms with Crippen molar-refractivity contribution in [2.75, 3.05) is 0 Å². The third kappa shape index (κ3) is 5.57. The Balaban J connectivity index is 3.00. The fourth-order valence-electron chi connectivity index (χ4n) is 3.05. The molecule has 0 aromatic carbocycles. The second kappa shape index (κ2) is 6.23. The molecule has 21 heavy (non-hydrogen) atoms. The molecular weight excluding hydrogens is 276 g/mol. The standard InChI is InChI=1S/C18H32O2Si/c1-9-18(5,19)11-10-16-14(2)12-15(13-17(16,3)4)20-21(6,7)8/h9-11,15,19H,1,12-13H2,2-8H3/t15?,18-/m1/s1. The Morgan fingerprint density at radius 2 is 1.95 bits per heavy atom. The van der Waals surface area contributed by atoms with Crippen molar-refractivity contribution in [3.63, 3.8) is 0 Å². The van der Waals surface area contributed by atoms with Crippen molar-refractivity contribution in [1.82, 2.24) is 0 Å². The van der Waals surface area contributed by atoms with Crippen molar-refractivity contribution in [3.8, 4) is 0 Å². The minimum absolute atomic E-state index is 0.0698. The van der Waals surface area contributed by atoms with Crippen molar-refractivity contribution >= 4 is 8.32 Å². The zero-order valence-corrected chi connectivity index (χ0v) is 15.8. The fourth-order valence-corrected chi connectivity index (χ4v) is 4.22. The summed E-state index contributed by atoms with van der Waals surface area (Å²) in [4.78, 5) is 0. The predicted octanol–water partition coefficient (Wildman–Crippen LogP) is 4.84. The molecule has 0 aromatic heterocycles. The van der Waals surface area contributed by atoms with Gasteiger partial charge in [0, 0.05) is 6.10 Å². The van der Waals surface area contributed by atoms with Gasteiger partial charge in [0.15, 0.2) is 8.32 Å². The summed E-state index contributed by atoms with van der Waals surface area (Å²) in [6.45, 7) is 18.9. The Morgan fingerprint density at radius 1 is 1.38 bits per heavy atom. The number of hydrogen-bond donors (Lipinski definition) is 1. The Bertz CT molecular complexity index is 450. The molecule has 1 rings (SSSR count). The summed E-state index contributed by atoms with van der Waals surface area (Å²) in [5.74, 6) is 0. The third-order valence-corrected chi connectivity index (χ3v) is 5.02. The normalized spacial score (nSPS) is 26.0. The molecule has 0 saturated carbocycles. The quantitative estimate of drug-likeness (QED) is 0.582. The molecule has 1 aliphatic rings. The van der Waals surface area contributed by atoms with Crippen LogP contribution in [0, 0.1) is 5.41 Å². The van der Waals surface area contributed by atoms with Gasteiger partial charge in [-0.25, -0.2) is 0 Å². The highest BCUT2D eigenvalue weighted by atomic mass is 28.4. The van der Waals surface area contributed by atoms with Gasteiger partial charge in [-0.05, 0) is 63.4 Å². The molecule has 0 spiro atoms. The third-order valence-electron chi connectivity index (χ3n) is 3.98. The molecule has 0 aromatic rings. The first-order valence-electron chi connectivity index (χ1n) is 7.79. The summed E-state index contributed by atoms with van der Waals surface area (Å²) >= 11 is 0. The first-order valence-corrected chi connectivity index (χ1v) is 11.2. The summed E-state index contributed by atoms with van der Waals surface area (Å²) in [6.07, 6.45) is 7.81. The second-order valence-corrected chi connectivity index (χ2v) is 12.6. The van der Waals surface area contributed by atoms with Crippen LogP contribution in [-0.4, -0.2) is 25.1 Å². The average Bonchev–Trinajstić information content (AvgIpc) is 2.24. The topological polar surface area (TPSA) is 29.5 Å². The van der Waals surface area contributed by atoms with E-state index in [2.05, 4.69) is 53.1 Å². The van der Waals surface area contributed by atoms with Gasteiger partial charge in [0.25, 0.3) is 0 Å². The monoisotopic (exact) mass is 308 g/mol. The maximum Gasteiger partial charge on any atom is 0.184 e. The van der Waals surface area contributed by atoms with E-state index in [0.717, 1.165) is 12.8 Å². The van der Waals surface area contributed by atoms with Crippen LogP contribution in [0.3, 0.4) is 0 Å². The highest BCUT2D eigenvalue weighted by molar-refractivity contribution is 6.69. The lowest BCUT2D eigenvalue weighted by molar-refractivity contribution is 0.132. The molecule has 3 heteroatoms. The second-order valence-electron chi connectivity index (χ2n) is 8.10. The predicted molar refractivity (Wildman–Crippen MR) is 93.9 cm³/mol. The first-order chi connectivity index (χ1) is 9.36. The Hall–Kier alpha value is -0.643. The molecule has 0 radical (unpaired) electrons. The van der Waals surface area contributed by atoms with E-state index in [1.807, 2.05) is 6.08 Å². The van der Waals surface area contributed by atoms with Crippen LogP contribution in [0.4, 0.5) is 0 Å². The minimum atomic E-state index is -1.51. The molecule has 0 aliphatic heterocycles. The molecule has 0 saturated heterocycles. The molecule has 2 nitrogen and oxygen atoms in total. The van der Waals surface area contributed by atoms with Gasteiger partial charge in [-0.1, -0.05) is 38.2 Å². The maximum atomic E-state index is 10.1. The summed E-state index contributed by atoms with van der Waals surface area (Å²) in [5.41, 5.74) is 1.81. The Kier molecular flexibility index (Phi) is 5.46. The molecule has 0 bridgehead atoms. The number of hydrogen-bond acceptors (Lipinski definition) is 2. The van der Waals surface area contributed by atoms with E-state index in [1.54, 1.807) is 13.0 Å².